The first-order valence-corrected chi connectivity index (χ1v) is 6.86. The van der Waals surface area contributed by atoms with Crippen LogP contribution in [0.4, 0.5) is 15.8 Å². The summed E-state index contributed by atoms with van der Waals surface area (Å²) in [6.07, 6.45) is 1.54. The van der Waals surface area contributed by atoms with Gasteiger partial charge in [-0.1, -0.05) is 0 Å². The third-order valence-electron chi connectivity index (χ3n) is 3.92. The number of piperidine rings is 1. The molecule has 1 aromatic rings. The summed E-state index contributed by atoms with van der Waals surface area (Å²) in [5.74, 6) is -2.41. The minimum absolute atomic E-state index is 0.0798. The van der Waals surface area contributed by atoms with Gasteiger partial charge in [-0.3, -0.25) is 0 Å². The Balaban J connectivity index is 1.92. The third-order valence-corrected chi connectivity index (χ3v) is 3.92. The van der Waals surface area contributed by atoms with E-state index in [4.69, 9.17) is 20.3 Å². The predicted molar refractivity (Wildman–Crippen MR) is 73.9 cm³/mol. The Hall–Kier alpha value is -1.86. The smallest absolute Gasteiger partial charge is 0.337 e. The molecule has 2 fully saturated rings. The second-order valence-electron chi connectivity index (χ2n) is 5.33. The fourth-order valence-corrected chi connectivity index (χ4v) is 2.93. The first-order valence-electron chi connectivity index (χ1n) is 6.86. The van der Waals surface area contributed by atoms with Crippen LogP contribution in [0.15, 0.2) is 12.1 Å². The van der Waals surface area contributed by atoms with Gasteiger partial charge in [0.15, 0.2) is 5.79 Å². The number of hydrogen-bond donors (Lipinski definition) is 2. The number of nitrogens with two attached hydrogens (primary N) is 1. The molecule has 1 aromatic carbocycles. The van der Waals surface area contributed by atoms with Crippen molar-refractivity contribution in [1.29, 1.82) is 0 Å². The van der Waals surface area contributed by atoms with E-state index < -0.39 is 17.6 Å². The van der Waals surface area contributed by atoms with Gasteiger partial charge in [0, 0.05) is 18.7 Å². The van der Waals surface area contributed by atoms with Crippen molar-refractivity contribution in [2.24, 2.45) is 0 Å². The van der Waals surface area contributed by atoms with E-state index >= 15 is 0 Å². The molecule has 2 saturated heterocycles. The maximum atomic E-state index is 14.2. The molecule has 3 rings (SSSR count). The van der Waals surface area contributed by atoms with Crippen molar-refractivity contribution in [3.05, 3.63) is 23.5 Å². The maximum absolute atomic E-state index is 14.2. The highest BCUT2D eigenvalue weighted by molar-refractivity contribution is 5.95. The molecule has 0 aliphatic carbocycles. The molecule has 0 radical (unpaired) electrons. The number of hydrogen-bond acceptors (Lipinski definition) is 5. The molecule has 0 saturated carbocycles. The van der Waals surface area contributed by atoms with Crippen LogP contribution >= 0.6 is 0 Å². The van der Waals surface area contributed by atoms with Crippen LogP contribution in [0.5, 0.6) is 0 Å². The second kappa shape index (κ2) is 5.16. The molecule has 0 atom stereocenters. The summed E-state index contributed by atoms with van der Waals surface area (Å²) in [6, 6.07) is 2.33. The van der Waals surface area contributed by atoms with Crippen LogP contribution in [0.2, 0.25) is 0 Å². The Morgan fingerprint density at radius 1 is 1.38 bits per heavy atom. The molecule has 2 heterocycles. The molecule has 3 N–H and O–H groups in total. The molecule has 2 aliphatic heterocycles. The van der Waals surface area contributed by atoms with Crippen molar-refractivity contribution >= 4 is 17.3 Å². The summed E-state index contributed by atoms with van der Waals surface area (Å²) in [7, 11) is 0. The van der Waals surface area contributed by atoms with Crippen LogP contribution in [0, 0.1) is 5.82 Å². The van der Waals surface area contributed by atoms with E-state index in [0.29, 0.717) is 26.3 Å². The fraction of sp³-hybridized carbons (Fsp3) is 0.500. The Kier molecular flexibility index (Phi) is 3.46. The molecule has 2 aliphatic rings. The SMILES string of the molecule is Nc1cc(F)c(N2CCCC3(C2)OCCO3)cc1C(=O)O. The first-order chi connectivity index (χ1) is 10.0. The number of aromatic carboxylic acids is 1. The molecular formula is C14H17FN2O4. The van der Waals surface area contributed by atoms with Crippen LogP contribution in [0.3, 0.4) is 0 Å². The number of ether oxygens (including phenoxy) is 2. The van der Waals surface area contributed by atoms with Gasteiger partial charge in [0.2, 0.25) is 0 Å². The molecular weight excluding hydrogens is 279 g/mol. The molecule has 7 heteroatoms. The normalized spacial score (nSPS) is 20.9. The van der Waals surface area contributed by atoms with Crippen LogP contribution in [-0.2, 0) is 9.47 Å². The molecule has 6 nitrogen and oxygen atoms in total. The zero-order chi connectivity index (χ0) is 15.0. The highest BCUT2D eigenvalue weighted by Crippen LogP contribution is 2.34. The second-order valence-corrected chi connectivity index (χ2v) is 5.33. The van der Waals surface area contributed by atoms with Gasteiger partial charge < -0.3 is 25.2 Å². The molecule has 0 aromatic heterocycles. The van der Waals surface area contributed by atoms with Gasteiger partial charge >= 0.3 is 5.97 Å². The van der Waals surface area contributed by atoms with E-state index in [-0.39, 0.29) is 16.9 Å². The Morgan fingerprint density at radius 3 is 2.76 bits per heavy atom. The lowest BCUT2D eigenvalue weighted by Crippen LogP contribution is -2.49. The van der Waals surface area contributed by atoms with Crippen LogP contribution < -0.4 is 10.6 Å². The largest absolute Gasteiger partial charge is 0.478 e. The molecule has 21 heavy (non-hydrogen) atoms. The van der Waals surface area contributed by atoms with Gasteiger partial charge in [-0.2, -0.15) is 0 Å². The van der Waals surface area contributed by atoms with Crippen molar-refractivity contribution in [2.75, 3.05) is 36.9 Å². The minimum atomic E-state index is -1.17. The van der Waals surface area contributed by atoms with Crippen molar-refractivity contribution in [3.8, 4) is 0 Å². The number of anilines is 2. The highest BCUT2D eigenvalue weighted by atomic mass is 19.1. The summed E-state index contributed by atoms with van der Waals surface area (Å²) in [6.45, 7) is 2.05. The van der Waals surface area contributed by atoms with Gasteiger partial charge in [-0.25, -0.2) is 9.18 Å². The van der Waals surface area contributed by atoms with E-state index in [9.17, 15) is 9.18 Å². The lowest BCUT2D eigenvalue weighted by molar-refractivity contribution is -0.161. The average Bonchev–Trinajstić information content (AvgIpc) is 2.86. The summed E-state index contributed by atoms with van der Waals surface area (Å²) in [5, 5.41) is 9.11. The number of carboxylic acid groups (broad SMARTS) is 1. The fourth-order valence-electron chi connectivity index (χ4n) is 2.93. The van der Waals surface area contributed by atoms with Gasteiger partial charge in [-0.15, -0.1) is 0 Å². The topological polar surface area (TPSA) is 85.0 Å². The molecule has 0 amide bonds. The number of halogens is 1. The number of rotatable bonds is 2. The number of nitrogen functional groups attached to an aromatic ring is 1. The molecule has 114 valence electrons. The van der Waals surface area contributed by atoms with Crippen LogP contribution in [-0.4, -0.2) is 43.2 Å². The quantitative estimate of drug-likeness (QED) is 0.804. The van der Waals surface area contributed by atoms with Gasteiger partial charge in [0.1, 0.15) is 5.82 Å². The van der Waals surface area contributed by atoms with E-state index in [1.165, 1.54) is 6.07 Å². The Morgan fingerprint density at radius 2 is 2.10 bits per heavy atom. The number of benzene rings is 1. The Labute approximate surface area is 121 Å². The molecule has 1 spiro atoms. The predicted octanol–water partition coefficient (Wildman–Crippen LogP) is 1.45. The zero-order valence-electron chi connectivity index (χ0n) is 11.5. The summed E-state index contributed by atoms with van der Waals surface area (Å²) in [5.41, 5.74) is 5.59. The van der Waals surface area contributed by atoms with Crippen molar-refractivity contribution in [1.82, 2.24) is 0 Å². The zero-order valence-corrected chi connectivity index (χ0v) is 11.5. The van der Waals surface area contributed by atoms with E-state index in [1.807, 2.05) is 0 Å². The van der Waals surface area contributed by atoms with Crippen LogP contribution in [0.1, 0.15) is 23.2 Å². The highest BCUT2D eigenvalue weighted by Gasteiger charge is 2.41. The van der Waals surface area contributed by atoms with Gasteiger partial charge in [0.25, 0.3) is 0 Å². The summed E-state index contributed by atoms with van der Waals surface area (Å²) < 4.78 is 25.5. The summed E-state index contributed by atoms with van der Waals surface area (Å²) >= 11 is 0. The van der Waals surface area contributed by atoms with Gasteiger partial charge in [-0.05, 0) is 18.6 Å². The van der Waals surface area contributed by atoms with Crippen molar-refractivity contribution < 1.29 is 23.8 Å². The van der Waals surface area contributed by atoms with Crippen molar-refractivity contribution in [3.63, 3.8) is 0 Å². The van der Waals surface area contributed by atoms with Crippen LogP contribution in [0.25, 0.3) is 0 Å². The number of nitrogens with zero attached hydrogens (tertiary/aromatic N) is 1. The third kappa shape index (κ3) is 2.54. The van der Waals surface area contributed by atoms with E-state index in [1.54, 1.807) is 4.90 Å². The lowest BCUT2D eigenvalue weighted by atomic mass is 10.0. The minimum Gasteiger partial charge on any atom is -0.478 e. The van der Waals surface area contributed by atoms with E-state index in [0.717, 1.165) is 18.9 Å². The molecule has 0 unspecified atom stereocenters. The number of carbonyl (C=O) groups is 1. The number of carboxylic acids is 1. The lowest BCUT2D eigenvalue weighted by Gasteiger charge is -2.40. The average molecular weight is 296 g/mol. The molecule has 0 bridgehead atoms. The van der Waals surface area contributed by atoms with E-state index in [2.05, 4.69) is 0 Å². The monoisotopic (exact) mass is 296 g/mol. The Bertz CT molecular complexity index is 572. The maximum Gasteiger partial charge on any atom is 0.337 e. The van der Waals surface area contributed by atoms with Crippen molar-refractivity contribution in [2.45, 2.75) is 18.6 Å². The summed E-state index contributed by atoms with van der Waals surface area (Å²) in [4.78, 5) is 12.9. The standard InChI is InChI=1S/C14H17FN2O4/c15-10-7-11(16)9(13(18)19)6-12(10)17-3-1-2-14(8-17)20-4-5-21-14/h6-7H,1-5,8,16H2,(H,18,19). The first kappa shape index (κ1) is 14.1. The van der Waals surface area contributed by atoms with Gasteiger partial charge in [0.05, 0.1) is 31.0 Å².